The average Bonchev–Trinajstić information content (AvgIpc) is 2.64. The van der Waals surface area contributed by atoms with Crippen molar-refractivity contribution in [3.8, 4) is 5.75 Å². The molecule has 0 aliphatic carbocycles. The molecule has 1 aromatic heterocycles. The van der Waals surface area contributed by atoms with Crippen LogP contribution in [0.3, 0.4) is 0 Å². The van der Waals surface area contributed by atoms with E-state index in [1.54, 1.807) is 19.2 Å². The molecule has 1 N–H and O–H groups in total. The summed E-state index contributed by atoms with van der Waals surface area (Å²) in [6.07, 6.45) is -0.0459. The number of hydrogen-bond acceptors (Lipinski definition) is 4. The van der Waals surface area contributed by atoms with Crippen LogP contribution >= 0.6 is 11.6 Å². The quantitative estimate of drug-likeness (QED) is 0.675. The summed E-state index contributed by atoms with van der Waals surface area (Å²) < 4.78 is 10.8. The number of ether oxygens (including phenoxy) is 1. The van der Waals surface area contributed by atoms with Crippen molar-refractivity contribution in [1.82, 2.24) is 5.32 Å². The highest BCUT2D eigenvalue weighted by molar-refractivity contribution is 6.30. The molecular formula is C21H20ClNO4. The molecule has 0 saturated carbocycles. The topological polar surface area (TPSA) is 68.5 Å². The Labute approximate surface area is 161 Å². The van der Waals surface area contributed by atoms with E-state index in [1.807, 2.05) is 38.1 Å². The Kier molecular flexibility index (Phi) is 5.51. The molecule has 0 aliphatic heterocycles. The van der Waals surface area contributed by atoms with E-state index in [0.29, 0.717) is 28.5 Å². The van der Waals surface area contributed by atoms with E-state index >= 15 is 0 Å². The number of nitrogens with one attached hydrogen (secondary N) is 1. The van der Waals surface area contributed by atoms with Crippen LogP contribution in [0.5, 0.6) is 5.75 Å². The number of carbonyl (C=O) groups excluding carboxylic acids is 1. The van der Waals surface area contributed by atoms with E-state index < -0.39 is 5.63 Å². The molecule has 0 fully saturated rings. The molecule has 5 nitrogen and oxygen atoms in total. The minimum atomic E-state index is -0.505. The highest BCUT2D eigenvalue weighted by atomic mass is 35.5. The molecule has 0 unspecified atom stereocenters. The lowest BCUT2D eigenvalue weighted by Gasteiger charge is -2.12. The second-order valence-corrected chi connectivity index (χ2v) is 6.78. The lowest BCUT2D eigenvalue weighted by atomic mass is 10.0. The Bertz CT molecular complexity index is 1070. The number of amides is 1. The second kappa shape index (κ2) is 7.84. The molecule has 1 heterocycles. The maximum absolute atomic E-state index is 12.5. The number of halogens is 1. The first-order chi connectivity index (χ1) is 12.9. The van der Waals surface area contributed by atoms with Gasteiger partial charge in [-0.1, -0.05) is 23.7 Å². The van der Waals surface area contributed by atoms with Crippen molar-refractivity contribution in [2.45, 2.75) is 26.8 Å². The van der Waals surface area contributed by atoms with Crippen molar-refractivity contribution in [1.29, 1.82) is 0 Å². The third kappa shape index (κ3) is 3.98. The van der Waals surface area contributed by atoms with Crippen molar-refractivity contribution >= 4 is 28.5 Å². The number of carbonyl (C=O) groups is 1. The fourth-order valence-electron chi connectivity index (χ4n) is 3.07. The van der Waals surface area contributed by atoms with Gasteiger partial charge in [0.05, 0.1) is 19.1 Å². The normalized spacial score (nSPS) is 10.8. The number of aryl methyl sites for hydroxylation is 2. The lowest BCUT2D eigenvalue weighted by Crippen LogP contribution is -2.27. The van der Waals surface area contributed by atoms with Gasteiger partial charge in [0.2, 0.25) is 5.91 Å². The fraction of sp³-hybridized carbons (Fsp3) is 0.238. The first-order valence-corrected chi connectivity index (χ1v) is 8.89. The van der Waals surface area contributed by atoms with Crippen LogP contribution in [0.2, 0.25) is 5.02 Å². The van der Waals surface area contributed by atoms with Gasteiger partial charge in [-0.05, 0) is 49.2 Å². The van der Waals surface area contributed by atoms with Crippen molar-refractivity contribution in [3.63, 3.8) is 0 Å². The summed E-state index contributed by atoms with van der Waals surface area (Å²) in [7, 11) is 1.57. The van der Waals surface area contributed by atoms with E-state index in [0.717, 1.165) is 22.1 Å². The molecule has 27 heavy (non-hydrogen) atoms. The van der Waals surface area contributed by atoms with Crippen LogP contribution in [0, 0.1) is 13.8 Å². The number of fused-ring (bicyclic) bond motifs is 1. The molecular weight excluding hydrogens is 366 g/mol. The Balaban J connectivity index is 1.84. The van der Waals surface area contributed by atoms with Crippen LogP contribution in [-0.2, 0) is 17.8 Å². The smallest absolute Gasteiger partial charge is 0.340 e. The number of hydrogen-bond donors (Lipinski definition) is 1. The maximum Gasteiger partial charge on any atom is 0.340 e. The van der Waals surface area contributed by atoms with Gasteiger partial charge in [0.1, 0.15) is 11.3 Å². The van der Waals surface area contributed by atoms with Gasteiger partial charge in [0.25, 0.3) is 0 Å². The zero-order valence-electron chi connectivity index (χ0n) is 15.4. The molecule has 0 bridgehead atoms. The summed E-state index contributed by atoms with van der Waals surface area (Å²) >= 11 is 5.95. The molecule has 3 rings (SSSR count). The Morgan fingerprint density at radius 3 is 2.67 bits per heavy atom. The van der Waals surface area contributed by atoms with E-state index in [9.17, 15) is 9.59 Å². The Hall–Kier alpha value is -2.79. The predicted molar refractivity (Wildman–Crippen MR) is 106 cm³/mol. The van der Waals surface area contributed by atoms with Gasteiger partial charge in [-0.2, -0.15) is 0 Å². The summed E-state index contributed by atoms with van der Waals surface area (Å²) in [4.78, 5) is 24.8. The first kappa shape index (κ1) is 19.0. The zero-order valence-corrected chi connectivity index (χ0v) is 16.1. The summed E-state index contributed by atoms with van der Waals surface area (Å²) in [6, 6.07) is 10.9. The molecule has 0 aliphatic rings. The van der Waals surface area contributed by atoms with E-state index in [4.69, 9.17) is 20.8 Å². The second-order valence-electron chi connectivity index (χ2n) is 6.35. The molecule has 0 saturated heterocycles. The van der Waals surface area contributed by atoms with Crippen molar-refractivity contribution < 1.29 is 13.9 Å². The molecule has 0 spiro atoms. The minimum Gasteiger partial charge on any atom is -0.496 e. The molecule has 0 radical (unpaired) electrons. The first-order valence-electron chi connectivity index (χ1n) is 8.51. The van der Waals surface area contributed by atoms with Gasteiger partial charge < -0.3 is 14.5 Å². The Morgan fingerprint density at radius 1 is 1.19 bits per heavy atom. The van der Waals surface area contributed by atoms with Crippen molar-refractivity contribution in [3.05, 3.63) is 74.1 Å². The molecule has 0 atom stereocenters. The van der Waals surface area contributed by atoms with Crippen LogP contribution in [0.1, 0.15) is 22.3 Å². The maximum atomic E-state index is 12.5. The fourth-order valence-corrected chi connectivity index (χ4v) is 3.28. The molecule has 6 heteroatoms. The van der Waals surface area contributed by atoms with Crippen LogP contribution in [0.15, 0.2) is 45.6 Å². The SMILES string of the molecule is COc1ccc2c(C)c(CC(=O)NCc3cccc(Cl)c3)c(=O)oc2c1C. The van der Waals surface area contributed by atoms with Crippen LogP contribution < -0.4 is 15.7 Å². The molecule has 3 aromatic rings. The van der Waals surface area contributed by atoms with Gasteiger partial charge in [-0.15, -0.1) is 0 Å². The van der Waals surface area contributed by atoms with Crippen LogP contribution in [0.4, 0.5) is 0 Å². The van der Waals surface area contributed by atoms with E-state index in [2.05, 4.69) is 5.32 Å². The third-order valence-corrected chi connectivity index (χ3v) is 4.83. The van der Waals surface area contributed by atoms with Crippen LogP contribution in [0.25, 0.3) is 11.0 Å². The number of rotatable bonds is 5. The summed E-state index contributed by atoms with van der Waals surface area (Å²) in [5, 5.41) is 4.22. The molecule has 140 valence electrons. The van der Waals surface area contributed by atoms with Gasteiger partial charge >= 0.3 is 5.63 Å². The monoisotopic (exact) mass is 385 g/mol. The lowest BCUT2D eigenvalue weighted by molar-refractivity contribution is -0.120. The Morgan fingerprint density at radius 2 is 1.96 bits per heavy atom. The van der Waals surface area contributed by atoms with E-state index in [1.165, 1.54) is 0 Å². The van der Waals surface area contributed by atoms with Gasteiger partial charge in [0, 0.05) is 22.5 Å². The van der Waals surface area contributed by atoms with Gasteiger partial charge in [-0.25, -0.2) is 4.79 Å². The van der Waals surface area contributed by atoms with Crippen molar-refractivity contribution in [2.75, 3.05) is 7.11 Å². The summed E-state index contributed by atoms with van der Waals surface area (Å²) in [5.74, 6) is 0.395. The summed E-state index contributed by atoms with van der Waals surface area (Å²) in [5.41, 5.74) is 2.72. The number of methoxy groups -OCH3 is 1. The van der Waals surface area contributed by atoms with Gasteiger partial charge in [0.15, 0.2) is 0 Å². The average molecular weight is 386 g/mol. The van der Waals surface area contributed by atoms with E-state index in [-0.39, 0.29) is 12.3 Å². The largest absolute Gasteiger partial charge is 0.496 e. The summed E-state index contributed by atoms with van der Waals surface area (Å²) in [6.45, 7) is 4.00. The molecule has 2 aromatic carbocycles. The predicted octanol–water partition coefficient (Wildman–Crippen LogP) is 3.93. The van der Waals surface area contributed by atoms with Crippen LogP contribution in [-0.4, -0.2) is 13.0 Å². The number of benzene rings is 2. The molecule has 1 amide bonds. The van der Waals surface area contributed by atoms with Crippen molar-refractivity contribution in [2.24, 2.45) is 0 Å². The highest BCUT2D eigenvalue weighted by Crippen LogP contribution is 2.29. The highest BCUT2D eigenvalue weighted by Gasteiger charge is 2.17. The zero-order chi connectivity index (χ0) is 19.6. The standard InChI is InChI=1S/C21H20ClNO4/c1-12-16-7-8-18(26-3)13(2)20(16)27-21(25)17(12)10-19(24)23-11-14-5-4-6-15(22)9-14/h4-9H,10-11H2,1-3H3,(H,23,24). The third-order valence-electron chi connectivity index (χ3n) is 4.59. The van der Waals surface area contributed by atoms with Gasteiger partial charge in [-0.3, -0.25) is 4.79 Å². The minimum absolute atomic E-state index is 0.0459.